The molecule has 0 radical (unpaired) electrons. The zero-order valence-corrected chi connectivity index (χ0v) is 12.9. The summed E-state index contributed by atoms with van der Waals surface area (Å²) < 4.78 is 0. The van der Waals surface area contributed by atoms with Crippen LogP contribution in [-0.4, -0.2) is 32.6 Å². The Hall–Kier alpha value is -1.26. The number of aliphatic hydroxyl groups is 2. The van der Waals surface area contributed by atoms with Crippen LogP contribution < -0.4 is 0 Å². The molecule has 0 heterocycles. The van der Waals surface area contributed by atoms with Gasteiger partial charge in [-0.1, -0.05) is 6.92 Å². The molecule has 3 aliphatic carbocycles. The summed E-state index contributed by atoms with van der Waals surface area (Å²) in [5.41, 5.74) is 1.85. The highest BCUT2D eigenvalue weighted by Gasteiger charge is 2.58. The maximum Gasteiger partial charge on any atom is 0.123 e. The molecule has 0 spiro atoms. The van der Waals surface area contributed by atoms with Crippen LogP contribution in [0.15, 0.2) is 12.1 Å². The number of benzene rings is 1. The molecule has 0 amide bonds. The number of phenolic OH excluding ortho intramolecular Hbond substituents is 2. The smallest absolute Gasteiger partial charge is 0.123 e. The summed E-state index contributed by atoms with van der Waals surface area (Å²) in [6, 6.07) is 3.21. The van der Waals surface area contributed by atoms with E-state index in [1.54, 1.807) is 6.07 Å². The van der Waals surface area contributed by atoms with Crippen LogP contribution in [0.5, 0.6) is 11.5 Å². The van der Waals surface area contributed by atoms with Gasteiger partial charge in [-0.25, -0.2) is 0 Å². The van der Waals surface area contributed by atoms with Crippen LogP contribution >= 0.6 is 0 Å². The number of aliphatic hydroxyl groups excluding tert-OH is 2. The highest BCUT2D eigenvalue weighted by molar-refractivity contribution is 5.49. The van der Waals surface area contributed by atoms with E-state index in [-0.39, 0.29) is 22.8 Å². The lowest BCUT2D eigenvalue weighted by atomic mass is 9.55. The van der Waals surface area contributed by atoms with Gasteiger partial charge in [-0.2, -0.15) is 0 Å². The number of aromatic hydroxyl groups is 2. The second-order valence-electron chi connectivity index (χ2n) is 7.75. The maximum atomic E-state index is 10.4. The zero-order valence-electron chi connectivity index (χ0n) is 12.9. The molecule has 22 heavy (non-hydrogen) atoms. The lowest BCUT2D eigenvalue weighted by Crippen LogP contribution is -2.44. The molecule has 2 saturated carbocycles. The Bertz CT molecular complexity index is 613. The highest BCUT2D eigenvalue weighted by atomic mass is 16.3. The van der Waals surface area contributed by atoms with Gasteiger partial charge in [-0.05, 0) is 66.9 Å². The molecule has 1 aromatic rings. The number of fused-ring (bicyclic) bond motifs is 5. The Morgan fingerprint density at radius 2 is 1.91 bits per heavy atom. The molecule has 1 aromatic carbocycles. The van der Waals surface area contributed by atoms with Gasteiger partial charge in [0, 0.05) is 11.6 Å². The second-order valence-corrected chi connectivity index (χ2v) is 7.75. The molecular weight excluding hydrogens is 280 g/mol. The molecule has 0 aromatic heterocycles. The number of hydrogen-bond acceptors (Lipinski definition) is 4. The van der Waals surface area contributed by atoms with Crippen molar-refractivity contribution in [2.75, 3.05) is 0 Å². The van der Waals surface area contributed by atoms with E-state index in [4.69, 9.17) is 0 Å². The van der Waals surface area contributed by atoms with Crippen molar-refractivity contribution in [3.05, 3.63) is 23.3 Å². The molecule has 4 nitrogen and oxygen atoms in total. The third-order valence-electron chi connectivity index (χ3n) is 6.76. The first-order chi connectivity index (χ1) is 10.4. The summed E-state index contributed by atoms with van der Waals surface area (Å²) >= 11 is 0. The van der Waals surface area contributed by atoms with Crippen LogP contribution in [0.3, 0.4) is 0 Å². The lowest BCUT2D eigenvalue weighted by molar-refractivity contribution is -0.0507. The Kier molecular flexibility index (Phi) is 3.01. The van der Waals surface area contributed by atoms with E-state index in [1.807, 2.05) is 0 Å². The van der Waals surface area contributed by atoms with Crippen LogP contribution in [0.4, 0.5) is 0 Å². The third-order valence-corrected chi connectivity index (χ3v) is 6.76. The average Bonchev–Trinajstić information content (AvgIpc) is 2.70. The molecule has 0 unspecified atom stereocenters. The topological polar surface area (TPSA) is 80.9 Å². The van der Waals surface area contributed by atoms with Crippen molar-refractivity contribution in [3.63, 3.8) is 0 Å². The van der Waals surface area contributed by atoms with Crippen molar-refractivity contribution in [3.8, 4) is 11.5 Å². The Morgan fingerprint density at radius 1 is 1.14 bits per heavy atom. The molecule has 3 aliphatic rings. The van der Waals surface area contributed by atoms with Crippen molar-refractivity contribution < 1.29 is 20.4 Å². The van der Waals surface area contributed by atoms with Gasteiger partial charge in [0.1, 0.15) is 11.5 Å². The average molecular weight is 304 g/mol. The van der Waals surface area contributed by atoms with E-state index in [1.165, 1.54) is 6.07 Å². The van der Waals surface area contributed by atoms with Crippen molar-refractivity contribution in [2.24, 2.45) is 17.3 Å². The van der Waals surface area contributed by atoms with E-state index < -0.39 is 12.2 Å². The van der Waals surface area contributed by atoms with Gasteiger partial charge < -0.3 is 20.4 Å². The fraction of sp³-hybridized carbons (Fsp3) is 0.667. The maximum absolute atomic E-state index is 10.4. The summed E-state index contributed by atoms with van der Waals surface area (Å²) in [6.45, 7) is 2.11. The summed E-state index contributed by atoms with van der Waals surface area (Å²) in [5, 5.41) is 40.6. The van der Waals surface area contributed by atoms with Gasteiger partial charge in [0.25, 0.3) is 0 Å². The van der Waals surface area contributed by atoms with E-state index in [9.17, 15) is 20.4 Å². The van der Waals surface area contributed by atoms with Crippen LogP contribution in [-0.2, 0) is 6.42 Å². The summed E-state index contributed by atoms with van der Waals surface area (Å²) in [4.78, 5) is 0. The van der Waals surface area contributed by atoms with E-state index in [0.717, 1.165) is 36.8 Å². The number of phenols is 2. The normalized spacial score (nSPS) is 43.3. The van der Waals surface area contributed by atoms with Crippen LogP contribution in [0.1, 0.15) is 49.7 Å². The fourth-order valence-corrected chi connectivity index (χ4v) is 5.67. The van der Waals surface area contributed by atoms with Crippen molar-refractivity contribution in [2.45, 2.75) is 57.2 Å². The summed E-state index contributed by atoms with van der Waals surface area (Å²) in [6.07, 6.45) is 3.05. The molecule has 0 saturated heterocycles. The Labute approximate surface area is 130 Å². The van der Waals surface area contributed by atoms with Gasteiger partial charge in [-0.15, -0.1) is 0 Å². The van der Waals surface area contributed by atoms with Crippen LogP contribution in [0, 0.1) is 17.3 Å². The predicted octanol–water partition coefficient (Wildman–Crippen LogP) is 2.29. The first-order valence-corrected chi connectivity index (χ1v) is 8.32. The first kappa shape index (κ1) is 14.3. The fourth-order valence-electron chi connectivity index (χ4n) is 5.67. The number of rotatable bonds is 0. The predicted molar refractivity (Wildman–Crippen MR) is 81.8 cm³/mol. The quantitative estimate of drug-likeness (QED) is 0.593. The minimum absolute atomic E-state index is 0.127. The molecule has 4 heteroatoms. The minimum atomic E-state index is -0.631. The third kappa shape index (κ3) is 1.77. The van der Waals surface area contributed by atoms with Gasteiger partial charge in [0.15, 0.2) is 0 Å². The number of hydrogen-bond donors (Lipinski definition) is 4. The second kappa shape index (κ2) is 4.62. The Morgan fingerprint density at radius 3 is 2.68 bits per heavy atom. The molecule has 0 bridgehead atoms. The molecule has 2 fully saturated rings. The Balaban J connectivity index is 1.75. The lowest BCUT2D eigenvalue weighted by Gasteiger charge is -2.49. The zero-order chi connectivity index (χ0) is 15.6. The first-order valence-electron chi connectivity index (χ1n) is 8.32. The monoisotopic (exact) mass is 304 g/mol. The molecule has 0 aliphatic heterocycles. The van der Waals surface area contributed by atoms with Gasteiger partial charge in [0.2, 0.25) is 0 Å². The van der Waals surface area contributed by atoms with Crippen LogP contribution in [0.25, 0.3) is 0 Å². The van der Waals surface area contributed by atoms with Crippen LogP contribution in [0.2, 0.25) is 0 Å². The molecular formula is C18H24O4. The highest BCUT2D eigenvalue weighted by Crippen LogP contribution is 2.61. The molecule has 4 N–H and O–H groups in total. The largest absolute Gasteiger partial charge is 0.508 e. The van der Waals surface area contributed by atoms with Gasteiger partial charge in [-0.3, -0.25) is 0 Å². The van der Waals surface area contributed by atoms with E-state index >= 15 is 0 Å². The van der Waals surface area contributed by atoms with Crippen molar-refractivity contribution >= 4 is 0 Å². The summed E-state index contributed by atoms with van der Waals surface area (Å²) in [7, 11) is 0. The van der Waals surface area contributed by atoms with E-state index in [2.05, 4.69) is 6.92 Å². The van der Waals surface area contributed by atoms with Crippen molar-refractivity contribution in [1.82, 2.24) is 0 Å². The van der Waals surface area contributed by atoms with Gasteiger partial charge in [0.05, 0.1) is 12.2 Å². The minimum Gasteiger partial charge on any atom is -0.508 e. The molecule has 6 atom stereocenters. The standard InChI is InChI=1S/C18H24O4/c1-18-5-4-12-11(13(18)8-15(21)17(18)22)3-2-9-6-10(19)7-14(20)16(9)12/h6-7,11-13,15,17,19-22H,2-5,8H2,1H3/t11-,12-,13-,15-,17-,18-/m0/s1. The van der Waals surface area contributed by atoms with E-state index in [0.29, 0.717) is 18.3 Å². The summed E-state index contributed by atoms with van der Waals surface area (Å²) in [5.74, 6) is 1.31. The van der Waals surface area contributed by atoms with Gasteiger partial charge >= 0.3 is 0 Å². The SMILES string of the molecule is C[C@]12CC[C@@H]3c4c(O)cc(O)cc4CC[C@@H]3[C@@H]1C[C@H](O)[C@@H]2O. The molecule has 4 rings (SSSR count). The number of aryl methyl sites for hydroxylation is 1. The molecule has 120 valence electrons. The van der Waals surface area contributed by atoms with Crippen molar-refractivity contribution in [1.29, 1.82) is 0 Å².